The van der Waals surface area contributed by atoms with Gasteiger partial charge in [-0.2, -0.15) is 0 Å². The number of benzene rings is 3. The van der Waals surface area contributed by atoms with Crippen molar-refractivity contribution in [3.05, 3.63) is 107 Å². The van der Waals surface area contributed by atoms with Crippen molar-refractivity contribution in [1.82, 2.24) is 15.1 Å². The Hall–Kier alpha value is -3.09. The van der Waals surface area contributed by atoms with E-state index in [0.29, 0.717) is 38.6 Å². The first kappa shape index (κ1) is 29.9. The molecule has 1 amide bonds. The van der Waals surface area contributed by atoms with Crippen LogP contribution in [0.15, 0.2) is 72.8 Å². The summed E-state index contributed by atoms with van der Waals surface area (Å²) < 4.78 is 27.4. The number of carbonyl (C=O) groups excluding carboxylic acids is 1. The van der Waals surface area contributed by atoms with Gasteiger partial charge in [0.1, 0.15) is 11.6 Å². The number of piperazine rings is 1. The van der Waals surface area contributed by atoms with Crippen molar-refractivity contribution in [2.24, 2.45) is 5.92 Å². The Labute approximate surface area is 238 Å². The van der Waals surface area contributed by atoms with Crippen LogP contribution in [0.5, 0.6) is 0 Å². The summed E-state index contributed by atoms with van der Waals surface area (Å²) in [7, 11) is 0. The summed E-state index contributed by atoms with van der Waals surface area (Å²) >= 11 is 0. The Morgan fingerprint density at radius 1 is 0.800 bits per heavy atom. The molecule has 1 heterocycles. The lowest BCUT2D eigenvalue weighted by molar-refractivity contribution is -0.136. The fourth-order valence-electron chi connectivity index (χ4n) is 5.43. The van der Waals surface area contributed by atoms with Gasteiger partial charge in [-0.05, 0) is 64.3 Å². The summed E-state index contributed by atoms with van der Waals surface area (Å²) in [5, 5.41) is 3.54. The zero-order valence-electron chi connectivity index (χ0n) is 24.5. The highest BCUT2D eigenvalue weighted by Crippen LogP contribution is 2.30. The average Bonchev–Trinajstić information content (AvgIpc) is 2.93. The predicted octanol–water partition coefficient (Wildman–Crippen LogP) is 6.70. The molecular weight excluding hydrogens is 504 g/mol. The van der Waals surface area contributed by atoms with Gasteiger partial charge in [0.05, 0.1) is 12.1 Å². The lowest BCUT2D eigenvalue weighted by Gasteiger charge is -2.41. The van der Waals surface area contributed by atoms with Crippen molar-refractivity contribution in [1.29, 1.82) is 0 Å². The maximum absolute atomic E-state index is 13.7. The van der Waals surface area contributed by atoms with Gasteiger partial charge in [-0.1, -0.05) is 83.1 Å². The molecule has 1 N–H and O–H groups in total. The van der Waals surface area contributed by atoms with E-state index in [1.165, 1.54) is 35.4 Å². The van der Waals surface area contributed by atoms with E-state index in [1.807, 2.05) is 4.90 Å². The number of rotatable bonds is 9. The fourth-order valence-corrected chi connectivity index (χ4v) is 5.43. The largest absolute Gasteiger partial charge is 0.339 e. The third-order valence-corrected chi connectivity index (χ3v) is 7.74. The van der Waals surface area contributed by atoms with Gasteiger partial charge in [0, 0.05) is 32.7 Å². The topological polar surface area (TPSA) is 35.6 Å². The number of nitrogens with one attached hydrogen (secondary N) is 1. The summed E-state index contributed by atoms with van der Waals surface area (Å²) in [6.07, 6.45) is 0.771. The first-order valence-electron chi connectivity index (χ1n) is 14.4. The van der Waals surface area contributed by atoms with Gasteiger partial charge in [-0.15, -0.1) is 0 Å². The van der Waals surface area contributed by atoms with Gasteiger partial charge >= 0.3 is 0 Å². The maximum atomic E-state index is 13.7. The number of amides is 1. The molecule has 3 aromatic carbocycles. The van der Waals surface area contributed by atoms with Crippen LogP contribution in [-0.2, 0) is 16.8 Å². The predicted molar refractivity (Wildman–Crippen MR) is 158 cm³/mol. The Morgan fingerprint density at radius 2 is 1.30 bits per heavy atom. The molecule has 6 heteroatoms. The minimum absolute atomic E-state index is 0.108. The molecule has 1 aliphatic rings. The number of hydrogen-bond acceptors (Lipinski definition) is 3. The van der Waals surface area contributed by atoms with Gasteiger partial charge < -0.3 is 10.2 Å². The van der Waals surface area contributed by atoms with Crippen molar-refractivity contribution >= 4 is 5.91 Å². The maximum Gasteiger partial charge on any atom is 0.239 e. The Bertz CT molecular complexity index is 1180. The number of carbonyl (C=O) groups is 1. The molecule has 1 fully saturated rings. The van der Waals surface area contributed by atoms with Gasteiger partial charge in [0.25, 0.3) is 0 Å². The van der Waals surface area contributed by atoms with Crippen LogP contribution in [0.2, 0.25) is 0 Å². The van der Waals surface area contributed by atoms with Crippen LogP contribution in [0.3, 0.4) is 0 Å². The Balaban J connectivity index is 1.43. The van der Waals surface area contributed by atoms with Crippen molar-refractivity contribution < 1.29 is 13.6 Å². The van der Waals surface area contributed by atoms with Crippen LogP contribution in [0.4, 0.5) is 8.78 Å². The highest BCUT2D eigenvalue weighted by molar-refractivity contribution is 5.82. The smallest absolute Gasteiger partial charge is 0.239 e. The van der Waals surface area contributed by atoms with E-state index < -0.39 is 0 Å². The molecule has 0 aliphatic carbocycles. The molecule has 1 unspecified atom stereocenters. The van der Waals surface area contributed by atoms with E-state index in [2.05, 4.69) is 69.1 Å². The monoisotopic (exact) mass is 547 g/mol. The first-order valence-corrected chi connectivity index (χ1v) is 14.4. The second-order valence-electron chi connectivity index (χ2n) is 12.4. The van der Waals surface area contributed by atoms with E-state index in [-0.39, 0.29) is 35.0 Å². The SMILES string of the molecule is CC(C)CC(NCc1ccc(C(C)(C)C)cc1)C(=O)N1CCN(C(c2ccc(F)cc2)c2ccc(F)cc2)CC1. The van der Waals surface area contributed by atoms with Crippen molar-refractivity contribution in [3.63, 3.8) is 0 Å². The number of nitrogens with zero attached hydrogens (tertiary/aromatic N) is 2. The lowest BCUT2D eigenvalue weighted by Crippen LogP contribution is -2.54. The van der Waals surface area contributed by atoms with Crippen LogP contribution in [0.25, 0.3) is 0 Å². The molecule has 0 spiro atoms. The standard InChI is InChI=1S/C34H43F2N3O/c1-24(2)22-31(37-23-25-6-12-28(13-7-25)34(3,4)5)33(40)39-20-18-38(19-21-39)32(26-8-14-29(35)15-9-26)27-10-16-30(36)17-11-27/h6-17,24,31-32,37H,18-23H2,1-5H3. The third-order valence-electron chi connectivity index (χ3n) is 7.74. The molecule has 40 heavy (non-hydrogen) atoms. The highest BCUT2D eigenvalue weighted by Gasteiger charge is 2.31. The van der Waals surface area contributed by atoms with Crippen LogP contribution in [0.1, 0.15) is 69.3 Å². The summed E-state index contributed by atoms with van der Waals surface area (Å²) in [5.74, 6) is -0.0520. The molecular formula is C34H43F2N3O. The second kappa shape index (κ2) is 13.0. The third kappa shape index (κ3) is 7.76. The molecule has 0 saturated carbocycles. The summed E-state index contributed by atoms with van der Waals surface area (Å²) in [6.45, 7) is 14.1. The van der Waals surface area contributed by atoms with Crippen LogP contribution in [-0.4, -0.2) is 47.9 Å². The van der Waals surface area contributed by atoms with Gasteiger partial charge in [-0.3, -0.25) is 9.69 Å². The van der Waals surface area contributed by atoms with E-state index in [0.717, 1.165) is 17.5 Å². The van der Waals surface area contributed by atoms with E-state index in [4.69, 9.17) is 0 Å². The molecule has 0 radical (unpaired) electrons. The van der Waals surface area contributed by atoms with E-state index in [1.54, 1.807) is 24.3 Å². The Morgan fingerprint density at radius 3 is 1.75 bits per heavy atom. The van der Waals surface area contributed by atoms with Crippen molar-refractivity contribution in [2.45, 2.75) is 65.1 Å². The Kier molecular flexibility index (Phi) is 9.75. The molecule has 0 bridgehead atoms. The van der Waals surface area contributed by atoms with Crippen LogP contribution in [0, 0.1) is 17.6 Å². The van der Waals surface area contributed by atoms with Crippen molar-refractivity contribution in [3.8, 4) is 0 Å². The minimum Gasteiger partial charge on any atom is -0.339 e. The molecule has 1 aliphatic heterocycles. The zero-order valence-corrected chi connectivity index (χ0v) is 24.5. The molecule has 1 atom stereocenters. The van der Waals surface area contributed by atoms with Gasteiger partial charge in [0.15, 0.2) is 0 Å². The average molecular weight is 548 g/mol. The normalized spacial score (nSPS) is 15.6. The molecule has 1 saturated heterocycles. The lowest BCUT2D eigenvalue weighted by atomic mass is 9.87. The second-order valence-corrected chi connectivity index (χ2v) is 12.4. The van der Waals surface area contributed by atoms with Gasteiger partial charge in [0.2, 0.25) is 5.91 Å². The fraction of sp³-hybridized carbons (Fsp3) is 0.441. The molecule has 0 aromatic heterocycles. The first-order chi connectivity index (χ1) is 19.0. The highest BCUT2D eigenvalue weighted by atomic mass is 19.1. The van der Waals surface area contributed by atoms with E-state index >= 15 is 0 Å². The van der Waals surface area contributed by atoms with Crippen LogP contribution < -0.4 is 5.32 Å². The molecule has 3 aromatic rings. The van der Waals surface area contributed by atoms with Crippen molar-refractivity contribution in [2.75, 3.05) is 26.2 Å². The number of hydrogen-bond donors (Lipinski definition) is 1. The quantitative estimate of drug-likeness (QED) is 0.324. The zero-order chi connectivity index (χ0) is 28.9. The van der Waals surface area contributed by atoms with Crippen LogP contribution >= 0.6 is 0 Å². The summed E-state index contributed by atoms with van der Waals surface area (Å²) in [4.78, 5) is 18.0. The molecule has 214 valence electrons. The summed E-state index contributed by atoms with van der Waals surface area (Å²) in [6, 6.07) is 21.3. The number of halogens is 2. The van der Waals surface area contributed by atoms with E-state index in [9.17, 15) is 13.6 Å². The molecule has 4 rings (SSSR count). The molecule has 4 nitrogen and oxygen atoms in total. The van der Waals surface area contributed by atoms with Gasteiger partial charge in [-0.25, -0.2) is 8.78 Å². The minimum atomic E-state index is -0.286. The summed E-state index contributed by atoms with van der Waals surface area (Å²) in [5.41, 5.74) is 4.47.